The van der Waals surface area contributed by atoms with Crippen molar-refractivity contribution in [3.63, 3.8) is 0 Å². The lowest BCUT2D eigenvalue weighted by molar-refractivity contribution is -0.116. The van der Waals surface area contributed by atoms with Gasteiger partial charge in [0.2, 0.25) is 0 Å². The Morgan fingerprint density at radius 1 is 1.00 bits per heavy atom. The third-order valence-corrected chi connectivity index (χ3v) is 6.67. The Labute approximate surface area is 206 Å². The highest BCUT2D eigenvalue weighted by molar-refractivity contribution is 8.05. The zero-order valence-electron chi connectivity index (χ0n) is 19.0. The van der Waals surface area contributed by atoms with Crippen molar-refractivity contribution in [2.45, 2.75) is 12.1 Å². The zero-order chi connectivity index (χ0) is 24.2. The molecule has 0 radical (unpaired) electrons. The van der Waals surface area contributed by atoms with Crippen LogP contribution >= 0.6 is 11.8 Å². The van der Waals surface area contributed by atoms with Gasteiger partial charge in [0.15, 0.2) is 17.0 Å². The van der Waals surface area contributed by atoms with Gasteiger partial charge in [-0.05, 0) is 52.2 Å². The lowest BCUT2D eigenvalue weighted by Crippen LogP contribution is -2.31. The molecule has 1 heterocycles. The van der Waals surface area contributed by atoms with Crippen LogP contribution in [-0.2, 0) is 11.4 Å². The Morgan fingerprint density at radius 3 is 2.66 bits per heavy atom. The van der Waals surface area contributed by atoms with Crippen LogP contribution in [0.15, 0.2) is 89.8 Å². The molecule has 1 amide bonds. The van der Waals surface area contributed by atoms with Gasteiger partial charge in [-0.3, -0.25) is 4.79 Å². The number of fused-ring (bicyclic) bond motifs is 1. The minimum Gasteiger partial charge on any atom is -0.493 e. The molecule has 0 saturated carbocycles. The number of amides is 1. The van der Waals surface area contributed by atoms with Gasteiger partial charge in [0, 0.05) is 0 Å². The number of carbonyl (C=O) groups excluding carboxylic acids is 1. The zero-order valence-corrected chi connectivity index (χ0v) is 19.8. The summed E-state index contributed by atoms with van der Waals surface area (Å²) in [6, 6.07) is 26.2. The maximum Gasteiger partial charge on any atom is 0.260 e. The molecule has 1 aliphatic rings. The van der Waals surface area contributed by atoms with Crippen molar-refractivity contribution in [3.05, 3.63) is 107 Å². The summed E-state index contributed by atoms with van der Waals surface area (Å²) in [6.07, 6.45) is 1.78. The van der Waals surface area contributed by atoms with Gasteiger partial charge in [-0.1, -0.05) is 72.4 Å². The molecule has 4 aromatic rings. The second-order valence-corrected chi connectivity index (χ2v) is 9.09. The highest BCUT2D eigenvalue weighted by Crippen LogP contribution is 2.34. The van der Waals surface area contributed by atoms with Gasteiger partial charge in [-0.15, -0.1) is 0 Å². The second kappa shape index (κ2) is 10.1. The first-order valence-electron chi connectivity index (χ1n) is 11.1. The maximum absolute atomic E-state index is 13.9. The molecule has 5 nitrogen and oxygen atoms in total. The normalized spacial score (nSPS) is 16.3. The second-order valence-electron chi connectivity index (χ2n) is 7.94. The SMILES string of the molecule is COc1cc(/C=C2\SC(Nc3ccccc3F)NC2=O)ccc1OCc1cccc2ccccc12. The molecule has 35 heavy (non-hydrogen) atoms. The van der Waals surface area contributed by atoms with Crippen LogP contribution in [0, 0.1) is 5.82 Å². The molecule has 0 aliphatic carbocycles. The number of rotatable bonds is 7. The average Bonchev–Trinajstić information content (AvgIpc) is 3.22. The van der Waals surface area contributed by atoms with Gasteiger partial charge in [0.1, 0.15) is 12.4 Å². The van der Waals surface area contributed by atoms with Gasteiger partial charge in [-0.2, -0.15) is 0 Å². The van der Waals surface area contributed by atoms with Crippen LogP contribution in [0.3, 0.4) is 0 Å². The summed E-state index contributed by atoms with van der Waals surface area (Å²) in [5.41, 5.74) is 1.75. The van der Waals surface area contributed by atoms with Crippen LogP contribution in [0.25, 0.3) is 16.8 Å². The number of benzene rings is 4. The molecule has 0 bridgehead atoms. The molecule has 1 unspecified atom stereocenters. The lowest BCUT2D eigenvalue weighted by Gasteiger charge is -2.13. The van der Waals surface area contributed by atoms with Crippen LogP contribution in [0.5, 0.6) is 11.5 Å². The Morgan fingerprint density at radius 2 is 1.80 bits per heavy atom. The van der Waals surface area contributed by atoms with E-state index in [1.807, 2.05) is 36.4 Å². The molecule has 1 aliphatic heterocycles. The maximum atomic E-state index is 13.9. The Bertz CT molecular complexity index is 1420. The summed E-state index contributed by atoms with van der Waals surface area (Å²) in [5.74, 6) is 0.594. The smallest absolute Gasteiger partial charge is 0.260 e. The van der Waals surface area contributed by atoms with E-state index in [4.69, 9.17) is 9.47 Å². The molecule has 2 N–H and O–H groups in total. The third-order valence-electron chi connectivity index (χ3n) is 5.64. The monoisotopic (exact) mass is 486 g/mol. The Balaban J connectivity index is 1.30. The van der Waals surface area contributed by atoms with E-state index in [0.717, 1.165) is 21.9 Å². The van der Waals surface area contributed by atoms with Crippen molar-refractivity contribution in [2.75, 3.05) is 12.4 Å². The molecule has 1 saturated heterocycles. The van der Waals surface area contributed by atoms with Crippen molar-refractivity contribution in [1.82, 2.24) is 5.32 Å². The number of carbonyl (C=O) groups is 1. The minimum absolute atomic E-state index is 0.223. The number of halogens is 1. The fraction of sp³-hybridized carbons (Fsp3) is 0.107. The summed E-state index contributed by atoms with van der Waals surface area (Å²) in [7, 11) is 1.59. The molecule has 1 fully saturated rings. The topological polar surface area (TPSA) is 59.6 Å². The standard InChI is InChI=1S/C28H23FN2O3S/c1-33-25-15-18(16-26-27(32)31-28(35-26)30-23-12-5-4-11-22(23)29)13-14-24(25)34-17-20-9-6-8-19-7-2-3-10-21(19)20/h2-16,28,30H,17H2,1H3,(H,31,32)/b26-16-. The van der Waals surface area contributed by atoms with Crippen molar-refractivity contribution < 1.29 is 18.7 Å². The molecule has 5 rings (SSSR count). The number of para-hydroxylation sites is 1. The third kappa shape index (κ3) is 5.10. The van der Waals surface area contributed by atoms with Crippen molar-refractivity contribution in [1.29, 1.82) is 0 Å². The number of hydrogen-bond acceptors (Lipinski definition) is 5. The van der Waals surface area contributed by atoms with Crippen LogP contribution < -0.4 is 20.1 Å². The lowest BCUT2D eigenvalue weighted by atomic mass is 10.1. The molecular weight excluding hydrogens is 463 g/mol. The Kier molecular flexibility index (Phi) is 6.59. The van der Waals surface area contributed by atoms with E-state index in [1.54, 1.807) is 31.4 Å². The van der Waals surface area contributed by atoms with E-state index >= 15 is 0 Å². The van der Waals surface area contributed by atoms with Crippen molar-refractivity contribution in [2.24, 2.45) is 0 Å². The minimum atomic E-state index is -0.462. The predicted molar refractivity (Wildman–Crippen MR) is 139 cm³/mol. The fourth-order valence-electron chi connectivity index (χ4n) is 3.90. The number of methoxy groups -OCH3 is 1. The van der Waals surface area contributed by atoms with E-state index in [9.17, 15) is 9.18 Å². The average molecular weight is 487 g/mol. The van der Waals surface area contributed by atoms with Crippen LogP contribution in [-0.4, -0.2) is 18.5 Å². The summed E-state index contributed by atoms with van der Waals surface area (Å²) >= 11 is 1.29. The van der Waals surface area contributed by atoms with Crippen LogP contribution in [0.2, 0.25) is 0 Å². The molecule has 7 heteroatoms. The highest BCUT2D eigenvalue weighted by atomic mass is 32.2. The molecule has 176 valence electrons. The number of ether oxygens (including phenoxy) is 2. The summed E-state index contributed by atoms with van der Waals surface area (Å²) in [5, 5.41) is 8.13. The van der Waals surface area contributed by atoms with Gasteiger partial charge in [-0.25, -0.2) is 4.39 Å². The van der Waals surface area contributed by atoms with Crippen LogP contribution in [0.1, 0.15) is 11.1 Å². The number of nitrogens with one attached hydrogen (secondary N) is 2. The molecule has 4 aromatic carbocycles. The predicted octanol–water partition coefficient (Wildman–Crippen LogP) is 6.17. The van der Waals surface area contributed by atoms with Gasteiger partial charge < -0.3 is 20.1 Å². The summed E-state index contributed by atoms with van der Waals surface area (Å²) in [6.45, 7) is 0.403. The number of thioether (sulfide) groups is 1. The number of hydrogen-bond donors (Lipinski definition) is 2. The molecule has 0 spiro atoms. The van der Waals surface area contributed by atoms with E-state index in [1.165, 1.54) is 17.8 Å². The van der Waals surface area contributed by atoms with E-state index < -0.39 is 5.50 Å². The van der Waals surface area contributed by atoms with E-state index in [2.05, 4.69) is 34.9 Å². The first kappa shape index (κ1) is 22.8. The molecule has 1 atom stereocenters. The fourth-order valence-corrected chi connectivity index (χ4v) is 4.88. The highest BCUT2D eigenvalue weighted by Gasteiger charge is 2.27. The van der Waals surface area contributed by atoms with E-state index in [0.29, 0.717) is 28.7 Å². The quantitative estimate of drug-likeness (QED) is 0.306. The van der Waals surface area contributed by atoms with Gasteiger partial charge in [0.05, 0.1) is 17.7 Å². The van der Waals surface area contributed by atoms with Crippen LogP contribution in [0.4, 0.5) is 10.1 Å². The number of anilines is 1. The van der Waals surface area contributed by atoms with Crippen molar-refractivity contribution >= 4 is 40.2 Å². The van der Waals surface area contributed by atoms with E-state index in [-0.39, 0.29) is 11.7 Å². The first-order chi connectivity index (χ1) is 17.1. The van der Waals surface area contributed by atoms with Gasteiger partial charge in [0.25, 0.3) is 5.91 Å². The van der Waals surface area contributed by atoms with Crippen molar-refractivity contribution in [3.8, 4) is 11.5 Å². The molecule has 0 aromatic heterocycles. The van der Waals surface area contributed by atoms with Gasteiger partial charge >= 0.3 is 0 Å². The summed E-state index contributed by atoms with van der Waals surface area (Å²) < 4.78 is 25.6. The Hall–Kier alpha value is -3.97. The molecular formula is C28H23FN2O3S. The largest absolute Gasteiger partial charge is 0.493 e. The summed E-state index contributed by atoms with van der Waals surface area (Å²) in [4.78, 5) is 13.0. The first-order valence-corrected chi connectivity index (χ1v) is 12.0.